The second kappa shape index (κ2) is 3.46. The van der Waals surface area contributed by atoms with Crippen LogP contribution in [0.15, 0.2) is 16.6 Å². The fourth-order valence-corrected chi connectivity index (χ4v) is 1.90. The largest absolute Gasteiger partial charge is 0.418 e. The van der Waals surface area contributed by atoms with Crippen molar-refractivity contribution in [2.45, 2.75) is 6.18 Å². The number of hydrogen-bond acceptors (Lipinski definition) is 0. The standard InChI is InChI=1S/C7H2BrClF4/c8-4-1-3(10)2-5(9)6(4)7(11,12)13/h1-2H. The molecule has 0 heterocycles. The van der Waals surface area contributed by atoms with E-state index in [0.29, 0.717) is 12.1 Å². The third-order valence-corrected chi connectivity index (χ3v) is 2.21. The molecule has 0 nitrogen and oxygen atoms in total. The average Bonchev–Trinajstić information content (AvgIpc) is 1.78. The molecular formula is C7H2BrClF4. The second-order valence-electron chi connectivity index (χ2n) is 2.24. The second-order valence-corrected chi connectivity index (χ2v) is 3.50. The van der Waals surface area contributed by atoms with Gasteiger partial charge in [0.05, 0.1) is 10.6 Å². The smallest absolute Gasteiger partial charge is 0.207 e. The maximum absolute atomic E-state index is 12.5. The average molecular weight is 277 g/mol. The van der Waals surface area contributed by atoms with Crippen molar-refractivity contribution in [2.24, 2.45) is 0 Å². The lowest BCUT2D eigenvalue weighted by atomic mass is 10.2. The Morgan fingerprint density at radius 1 is 1.23 bits per heavy atom. The maximum Gasteiger partial charge on any atom is 0.418 e. The molecule has 0 atom stereocenters. The van der Waals surface area contributed by atoms with Gasteiger partial charge < -0.3 is 0 Å². The monoisotopic (exact) mass is 276 g/mol. The zero-order chi connectivity index (χ0) is 10.2. The molecule has 0 fully saturated rings. The quantitative estimate of drug-likeness (QED) is 0.622. The fourth-order valence-electron chi connectivity index (χ4n) is 0.813. The Morgan fingerprint density at radius 3 is 2.15 bits per heavy atom. The van der Waals surface area contributed by atoms with E-state index in [0.717, 1.165) is 0 Å². The highest BCUT2D eigenvalue weighted by molar-refractivity contribution is 9.10. The van der Waals surface area contributed by atoms with Crippen LogP contribution in [0.1, 0.15) is 5.56 Å². The molecule has 72 valence electrons. The number of benzene rings is 1. The summed E-state index contributed by atoms with van der Waals surface area (Å²) >= 11 is 7.82. The number of alkyl halides is 3. The van der Waals surface area contributed by atoms with Crippen molar-refractivity contribution >= 4 is 27.5 Å². The highest BCUT2D eigenvalue weighted by atomic mass is 79.9. The third-order valence-electron chi connectivity index (χ3n) is 1.29. The van der Waals surface area contributed by atoms with E-state index in [1.165, 1.54) is 0 Å². The van der Waals surface area contributed by atoms with Gasteiger partial charge in [-0.25, -0.2) is 4.39 Å². The van der Waals surface area contributed by atoms with Crippen molar-refractivity contribution in [3.8, 4) is 0 Å². The van der Waals surface area contributed by atoms with Crippen molar-refractivity contribution in [3.05, 3.63) is 33.0 Å². The molecule has 0 bridgehead atoms. The van der Waals surface area contributed by atoms with Gasteiger partial charge in [0.2, 0.25) is 0 Å². The summed E-state index contributed by atoms with van der Waals surface area (Å²) in [6.07, 6.45) is -4.58. The first-order valence-electron chi connectivity index (χ1n) is 3.04. The molecule has 0 saturated heterocycles. The summed E-state index contributed by atoms with van der Waals surface area (Å²) in [6, 6.07) is 1.34. The van der Waals surface area contributed by atoms with E-state index in [1.807, 2.05) is 0 Å². The zero-order valence-electron chi connectivity index (χ0n) is 5.92. The van der Waals surface area contributed by atoms with Gasteiger partial charge in [0.25, 0.3) is 0 Å². The Hall–Kier alpha value is -0.290. The predicted octanol–water partition coefficient (Wildman–Crippen LogP) is 4.26. The fraction of sp³-hybridized carbons (Fsp3) is 0.143. The van der Waals surface area contributed by atoms with Crippen LogP contribution in [0.4, 0.5) is 17.6 Å². The van der Waals surface area contributed by atoms with Gasteiger partial charge in [-0.1, -0.05) is 27.5 Å². The lowest BCUT2D eigenvalue weighted by molar-refractivity contribution is -0.138. The zero-order valence-corrected chi connectivity index (χ0v) is 8.26. The Balaban J connectivity index is 3.38. The number of rotatable bonds is 0. The summed E-state index contributed by atoms with van der Waals surface area (Å²) < 4.78 is 48.7. The Morgan fingerprint density at radius 2 is 1.77 bits per heavy atom. The van der Waals surface area contributed by atoms with E-state index in [2.05, 4.69) is 15.9 Å². The molecule has 1 aromatic carbocycles. The van der Waals surface area contributed by atoms with Crippen LogP contribution in [-0.4, -0.2) is 0 Å². The van der Waals surface area contributed by atoms with E-state index in [4.69, 9.17) is 11.6 Å². The summed E-state index contributed by atoms with van der Waals surface area (Å²) in [5.74, 6) is -0.815. The van der Waals surface area contributed by atoms with Crippen LogP contribution in [0.25, 0.3) is 0 Å². The summed E-state index contributed by atoms with van der Waals surface area (Å²) in [4.78, 5) is 0. The van der Waals surface area contributed by atoms with Crippen LogP contribution in [0.5, 0.6) is 0 Å². The van der Waals surface area contributed by atoms with E-state index < -0.39 is 27.1 Å². The van der Waals surface area contributed by atoms with Gasteiger partial charge in [-0.3, -0.25) is 0 Å². The van der Waals surface area contributed by atoms with Crippen LogP contribution in [0.3, 0.4) is 0 Å². The van der Waals surface area contributed by atoms with Crippen molar-refractivity contribution in [3.63, 3.8) is 0 Å². The Labute approximate surface area is 84.6 Å². The summed E-state index contributed by atoms with van der Waals surface area (Å²) in [5, 5.41) is -0.653. The van der Waals surface area contributed by atoms with Crippen LogP contribution >= 0.6 is 27.5 Å². The predicted molar refractivity (Wildman–Crippen MR) is 44.1 cm³/mol. The molecule has 0 saturated carbocycles. The molecular weight excluding hydrogens is 275 g/mol. The van der Waals surface area contributed by atoms with Crippen LogP contribution < -0.4 is 0 Å². The summed E-state index contributed by atoms with van der Waals surface area (Å²) in [6.45, 7) is 0. The number of hydrogen-bond donors (Lipinski definition) is 0. The van der Waals surface area contributed by atoms with Gasteiger partial charge in [-0.2, -0.15) is 13.2 Å². The van der Waals surface area contributed by atoms with Crippen LogP contribution in [0.2, 0.25) is 5.02 Å². The van der Waals surface area contributed by atoms with Gasteiger partial charge in [-0.15, -0.1) is 0 Å². The third kappa shape index (κ3) is 2.34. The molecule has 0 radical (unpaired) electrons. The first-order chi connectivity index (χ1) is 5.82. The molecule has 0 aliphatic heterocycles. The highest BCUT2D eigenvalue weighted by Crippen LogP contribution is 2.39. The SMILES string of the molecule is Fc1cc(Cl)c(C(F)(F)F)c(Br)c1. The molecule has 0 spiro atoms. The first kappa shape index (κ1) is 10.8. The molecule has 0 aliphatic rings. The van der Waals surface area contributed by atoms with E-state index in [1.54, 1.807) is 0 Å². The molecule has 0 aromatic heterocycles. The highest BCUT2D eigenvalue weighted by Gasteiger charge is 2.35. The number of halogens is 6. The van der Waals surface area contributed by atoms with E-state index in [-0.39, 0.29) is 0 Å². The molecule has 0 unspecified atom stereocenters. The minimum absolute atomic E-state index is 0.398. The molecule has 13 heavy (non-hydrogen) atoms. The molecule has 0 aliphatic carbocycles. The summed E-state index contributed by atoms with van der Waals surface area (Å²) in [7, 11) is 0. The topological polar surface area (TPSA) is 0 Å². The van der Waals surface area contributed by atoms with Gasteiger partial charge in [0.1, 0.15) is 5.82 Å². The van der Waals surface area contributed by atoms with E-state index in [9.17, 15) is 17.6 Å². The van der Waals surface area contributed by atoms with Crippen molar-refractivity contribution < 1.29 is 17.6 Å². The Bertz CT molecular complexity index is 311. The van der Waals surface area contributed by atoms with E-state index >= 15 is 0 Å². The minimum atomic E-state index is -4.58. The van der Waals surface area contributed by atoms with Crippen LogP contribution in [-0.2, 0) is 6.18 Å². The van der Waals surface area contributed by atoms with Crippen molar-refractivity contribution in [2.75, 3.05) is 0 Å². The summed E-state index contributed by atoms with van der Waals surface area (Å²) in [5.41, 5.74) is -1.06. The molecule has 0 amide bonds. The minimum Gasteiger partial charge on any atom is -0.207 e. The molecule has 0 N–H and O–H groups in total. The first-order valence-corrected chi connectivity index (χ1v) is 4.21. The molecule has 1 rings (SSSR count). The maximum atomic E-state index is 12.5. The van der Waals surface area contributed by atoms with Gasteiger partial charge >= 0.3 is 6.18 Å². The Kier molecular flexibility index (Phi) is 2.87. The van der Waals surface area contributed by atoms with Crippen LogP contribution in [0, 0.1) is 5.82 Å². The normalized spacial score (nSPS) is 11.8. The molecule has 1 aromatic rings. The van der Waals surface area contributed by atoms with Gasteiger partial charge in [0, 0.05) is 4.47 Å². The van der Waals surface area contributed by atoms with Crippen molar-refractivity contribution in [1.82, 2.24) is 0 Å². The lowest BCUT2D eigenvalue weighted by Crippen LogP contribution is -2.07. The van der Waals surface area contributed by atoms with Gasteiger partial charge in [-0.05, 0) is 12.1 Å². The van der Waals surface area contributed by atoms with Crippen molar-refractivity contribution in [1.29, 1.82) is 0 Å². The van der Waals surface area contributed by atoms with Gasteiger partial charge in [0.15, 0.2) is 0 Å². The lowest BCUT2D eigenvalue weighted by Gasteiger charge is -2.10. The molecule has 6 heteroatoms.